The molecular formula is C21H23ClN8O. The summed E-state index contributed by atoms with van der Waals surface area (Å²) in [6, 6.07) is 11.0. The number of hydrogen-bond acceptors (Lipinski definition) is 6. The van der Waals surface area contributed by atoms with Gasteiger partial charge in [0.1, 0.15) is 0 Å². The number of rotatable bonds is 7. The fourth-order valence-corrected chi connectivity index (χ4v) is 3.34. The zero-order valence-electron chi connectivity index (χ0n) is 17.5. The molecule has 0 saturated carbocycles. The molecule has 0 aliphatic heterocycles. The van der Waals surface area contributed by atoms with Gasteiger partial charge < -0.3 is 15.5 Å². The molecule has 9 nitrogen and oxygen atoms in total. The number of halogens is 1. The number of anilines is 2. The number of amides is 1. The number of likely N-dealkylation sites (N-methyl/N-ethyl adjacent to an activating group) is 1. The summed E-state index contributed by atoms with van der Waals surface area (Å²) in [7, 11) is 5.73. The second kappa shape index (κ2) is 8.75. The first kappa shape index (κ1) is 20.8. The van der Waals surface area contributed by atoms with Gasteiger partial charge in [-0.05, 0) is 38.4 Å². The molecule has 2 heterocycles. The molecule has 31 heavy (non-hydrogen) atoms. The largest absolute Gasteiger partial charge is 0.351 e. The minimum absolute atomic E-state index is 0.103. The molecule has 2 aromatic heterocycles. The van der Waals surface area contributed by atoms with E-state index in [1.54, 1.807) is 30.1 Å². The molecule has 0 saturated heterocycles. The molecule has 10 heteroatoms. The SMILES string of the molecule is CN(C)CCNC(=O)c1ccc(-c2nc(Nc3ccc4[nH]ncc4c3Cl)n(C)n2)cc1. The number of H-pyrrole nitrogens is 1. The van der Waals surface area contributed by atoms with Crippen molar-refractivity contribution in [2.45, 2.75) is 0 Å². The molecule has 0 fully saturated rings. The van der Waals surface area contributed by atoms with Crippen LogP contribution < -0.4 is 10.6 Å². The third-order valence-electron chi connectivity index (χ3n) is 4.82. The average Bonchev–Trinajstić information content (AvgIpc) is 3.37. The summed E-state index contributed by atoms with van der Waals surface area (Å²) >= 11 is 6.49. The van der Waals surface area contributed by atoms with E-state index < -0.39 is 0 Å². The molecule has 4 aromatic rings. The monoisotopic (exact) mass is 438 g/mol. The van der Waals surface area contributed by atoms with Gasteiger partial charge in [0.25, 0.3) is 5.91 Å². The van der Waals surface area contributed by atoms with Gasteiger partial charge in [-0.3, -0.25) is 9.89 Å². The van der Waals surface area contributed by atoms with Crippen LogP contribution in [0.2, 0.25) is 5.02 Å². The van der Waals surface area contributed by atoms with Gasteiger partial charge in [-0.25, -0.2) is 4.68 Å². The van der Waals surface area contributed by atoms with E-state index in [1.165, 1.54) is 0 Å². The van der Waals surface area contributed by atoms with Crippen molar-refractivity contribution in [3.05, 3.63) is 53.2 Å². The van der Waals surface area contributed by atoms with Crippen molar-refractivity contribution >= 4 is 40.0 Å². The van der Waals surface area contributed by atoms with Crippen LogP contribution in [-0.4, -0.2) is 63.0 Å². The van der Waals surface area contributed by atoms with Gasteiger partial charge in [0.15, 0.2) is 5.82 Å². The third kappa shape index (κ3) is 4.52. The Labute approximate surface area is 184 Å². The van der Waals surface area contributed by atoms with E-state index in [0.717, 1.165) is 23.0 Å². The number of hydrogen-bond donors (Lipinski definition) is 3. The van der Waals surface area contributed by atoms with Crippen LogP contribution in [0.1, 0.15) is 10.4 Å². The normalized spacial score (nSPS) is 11.3. The van der Waals surface area contributed by atoms with Crippen LogP contribution in [0.4, 0.5) is 11.6 Å². The summed E-state index contributed by atoms with van der Waals surface area (Å²) in [5.41, 5.74) is 2.98. The summed E-state index contributed by atoms with van der Waals surface area (Å²) in [6.45, 7) is 1.38. The first-order chi connectivity index (χ1) is 14.9. The summed E-state index contributed by atoms with van der Waals surface area (Å²) in [6.07, 6.45) is 1.68. The highest BCUT2D eigenvalue weighted by Crippen LogP contribution is 2.32. The van der Waals surface area contributed by atoms with Crippen LogP contribution in [0.15, 0.2) is 42.6 Å². The molecule has 0 bridgehead atoms. The van der Waals surface area contributed by atoms with Crippen molar-refractivity contribution in [3.63, 3.8) is 0 Å². The maximum atomic E-state index is 12.2. The second-order valence-corrected chi connectivity index (χ2v) is 7.78. The van der Waals surface area contributed by atoms with Crippen LogP contribution in [0.3, 0.4) is 0 Å². The molecule has 0 spiro atoms. The smallest absolute Gasteiger partial charge is 0.251 e. The Morgan fingerprint density at radius 2 is 1.97 bits per heavy atom. The molecule has 160 valence electrons. The average molecular weight is 439 g/mol. The van der Waals surface area contributed by atoms with Crippen LogP contribution in [0.5, 0.6) is 0 Å². The standard InChI is InChI=1S/C21H23ClN8O/c1-29(2)11-10-23-20(31)14-6-4-13(5-7-14)19-26-21(30(3)28-19)25-17-9-8-16-15(18(17)22)12-24-27-16/h4-9,12H,10-11H2,1-3H3,(H,23,31)(H,24,27)(H,25,26,28). The van der Waals surface area contributed by atoms with Crippen LogP contribution in [-0.2, 0) is 7.05 Å². The van der Waals surface area contributed by atoms with Crippen molar-refractivity contribution in [1.29, 1.82) is 0 Å². The number of fused-ring (bicyclic) bond motifs is 1. The van der Waals surface area contributed by atoms with Crippen LogP contribution in [0.25, 0.3) is 22.3 Å². The predicted molar refractivity (Wildman–Crippen MR) is 122 cm³/mol. The lowest BCUT2D eigenvalue weighted by Crippen LogP contribution is -2.31. The molecule has 0 unspecified atom stereocenters. The number of benzene rings is 2. The van der Waals surface area contributed by atoms with E-state index in [1.807, 2.05) is 43.3 Å². The number of nitrogens with one attached hydrogen (secondary N) is 3. The highest BCUT2D eigenvalue weighted by atomic mass is 35.5. The Balaban J connectivity index is 1.49. The highest BCUT2D eigenvalue weighted by molar-refractivity contribution is 6.38. The van der Waals surface area contributed by atoms with Gasteiger partial charge in [-0.2, -0.15) is 10.1 Å². The fourth-order valence-electron chi connectivity index (χ4n) is 3.08. The predicted octanol–water partition coefficient (Wildman–Crippen LogP) is 3.05. The van der Waals surface area contributed by atoms with Gasteiger partial charge in [0.2, 0.25) is 5.95 Å². The number of aryl methyl sites for hydroxylation is 1. The van der Waals surface area contributed by atoms with Gasteiger partial charge in [0, 0.05) is 36.7 Å². The third-order valence-corrected chi connectivity index (χ3v) is 5.23. The van der Waals surface area contributed by atoms with Crippen molar-refractivity contribution < 1.29 is 4.79 Å². The molecule has 0 aliphatic carbocycles. The molecule has 0 aliphatic rings. The Kier molecular flexibility index (Phi) is 5.88. The van der Waals surface area contributed by atoms with E-state index in [0.29, 0.717) is 34.6 Å². The number of carbonyl (C=O) groups is 1. The maximum absolute atomic E-state index is 12.2. The van der Waals surface area contributed by atoms with Gasteiger partial charge in [0.05, 0.1) is 22.4 Å². The zero-order valence-corrected chi connectivity index (χ0v) is 18.2. The van der Waals surface area contributed by atoms with Gasteiger partial charge in [-0.1, -0.05) is 23.7 Å². The summed E-state index contributed by atoms with van der Waals surface area (Å²) in [5.74, 6) is 0.990. The van der Waals surface area contributed by atoms with Gasteiger partial charge >= 0.3 is 0 Å². The van der Waals surface area contributed by atoms with Crippen LogP contribution in [0, 0.1) is 0 Å². The first-order valence-electron chi connectivity index (χ1n) is 9.75. The second-order valence-electron chi connectivity index (χ2n) is 7.40. The Morgan fingerprint density at radius 3 is 2.71 bits per heavy atom. The molecular weight excluding hydrogens is 416 g/mol. The van der Waals surface area contributed by atoms with Crippen LogP contribution >= 0.6 is 11.6 Å². The van der Waals surface area contributed by atoms with Crippen molar-refractivity contribution in [3.8, 4) is 11.4 Å². The molecule has 0 atom stereocenters. The van der Waals surface area contributed by atoms with Crippen molar-refractivity contribution in [2.24, 2.45) is 7.05 Å². The summed E-state index contributed by atoms with van der Waals surface area (Å²) < 4.78 is 1.65. The topological polar surface area (TPSA) is 104 Å². The molecule has 2 aromatic carbocycles. The number of carbonyl (C=O) groups excluding carboxylic acids is 1. The summed E-state index contributed by atoms with van der Waals surface area (Å²) in [4.78, 5) is 18.8. The minimum Gasteiger partial charge on any atom is -0.351 e. The molecule has 4 rings (SSSR count). The number of aromatic nitrogens is 5. The van der Waals surface area contributed by atoms with E-state index in [9.17, 15) is 4.79 Å². The number of nitrogens with zero attached hydrogens (tertiary/aromatic N) is 5. The van der Waals surface area contributed by atoms with Crippen molar-refractivity contribution in [1.82, 2.24) is 35.2 Å². The lowest BCUT2D eigenvalue weighted by molar-refractivity contribution is 0.0951. The maximum Gasteiger partial charge on any atom is 0.251 e. The highest BCUT2D eigenvalue weighted by Gasteiger charge is 2.14. The first-order valence-corrected chi connectivity index (χ1v) is 10.1. The lowest BCUT2D eigenvalue weighted by Gasteiger charge is -2.10. The van der Waals surface area contributed by atoms with Crippen molar-refractivity contribution in [2.75, 3.05) is 32.5 Å². The lowest BCUT2D eigenvalue weighted by atomic mass is 10.1. The van der Waals surface area contributed by atoms with E-state index in [2.05, 4.69) is 30.9 Å². The zero-order chi connectivity index (χ0) is 22.0. The number of aromatic amines is 1. The molecule has 1 amide bonds. The molecule has 0 radical (unpaired) electrons. The van der Waals surface area contributed by atoms with E-state index in [4.69, 9.17) is 11.6 Å². The molecule has 3 N–H and O–H groups in total. The van der Waals surface area contributed by atoms with Gasteiger partial charge in [-0.15, -0.1) is 5.10 Å². The summed E-state index contributed by atoms with van der Waals surface area (Å²) in [5, 5.41) is 18.9. The fraction of sp³-hybridized carbons (Fsp3) is 0.238. The quantitative estimate of drug-likeness (QED) is 0.409. The van der Waals surface area contributed by atoms with E-state index in [-0.39, 0.29) is 5.91 Å². The minimum atomic E-state index is -0.103. The van der Waals surface area contributed by atoms with E-state index >= 15 is 0 Å². The Morgan fingerprint density at radius 1 is 1.19 bits per heavy atom. The Hall–Kier alpha value is -3.43. The Bertz CT molecular complexity index is 1210.